The number of carbonyl (C=O) groups is 2. The number of ketones is 1. The summed E-state index contributed by atoms with van der Waals surface area (Å²) in [5.74, 6) is -1.54. The van der Waals surface area contributed by atoms with Crippen LogP contribution in [0, 0.1) is 0 Å². The fourth-order valence-electron chi connectivity index (χ4n) is 2.96. The Bertz CT molecular complexity index is 1260. The van der Waals surface area contributed by atoms with Gasteiger partial charge in [-0.2, -0.15) is 13.2 Å². The van der Waals surface area contributed by atoms with Crippen LogP contribution in [0.5, 0.6) is 0 Å². The van der Waals surface area contributed by atoms with Crippen LogP contribution < -0.4 is 10.6 Å². The average molecular weight is 563 g/mol. The van der Waals surface area contributed by atoms with Crippen LogP contribution in [0.15, 0.2) is 24.8 Å². The molecule has 0 aliphatic heterocycles. The van der Waals surface area contributed by atoms with Crippen molar-refractivity contribution in [3.8, 4) is 0 Å². The molecule has 3 N–H and O–H groups in total. The van der Waals surface area contributed by atoms with E-state index >= 15 is 0 Å². The number of Topliss-reactive ketones (excluding diaryl/α,β-unsaturated/α-hetero) is 1. The van der Waals surface area contributed by atoms with E-state index < -0.39 is 28.6 Å². The Hall–Kier alpha value is -2.87. The highest BCUT2D eigenvalue weighted by Gasteiger charge is 2.34. The molecule has 0 aliphatic rings. The molecular formula is C21H19Cl2F3N6O3S. The summed E-state index contributed by atoms with van der Waals surface area (Å²) < 4.78 is 39.1. The second-order valence-electron chi connectivity index (χ2n) is 7.48. The van der Waals surface area contributed by atoms with Gasteiger partial charge < -0.3 is 15.7 Å². The van der Waals surface area contributed by atoms with E-state index in [1.54, 1.807) is 6.92 Å². The molecule has 1 unspecified atom stereocenters. The van der Waals surface area contributed by atoms with Crippen molar-refractivity contribution >= 4 is 57.9 Å². The molecule has 15 heteroatoms. The Morgan fingerprint density at radius 2 is 1.92 bits per heavy atom. The smallest absolute Gasteiger partial charge is 0.396 e. The Morgan fingerprint density at radius 3 is 2.61 bits per heavy atom. The molecule has 0 saturated carbocycles. The lowest BCUT2D eigenvalue weighted by Gasteiger charge is -2.11. The maximum absolute atomic E-state index is 13.0. The lowest BCUT2D eigenvalue weighted by molar-refractivity contribution is -0.137. The number of aliphatic hydroxyl groups excluding tert-OH is 1. The van der Waals surface area contributed by atoms with Gasteiger partial charge >= 0.3 is 6.18 Å². The van der Waals surface area contributed by atoms with Crippen LogP contribution in [0.4, 0.5) is 24.8 Å². The van der Waals surface area contributed by atoms with Gasteiger partial charge in [0, 0.05) is 31.7 Å². The van der Waals surface area contributed by atoms with E-state index in [0.29, 0.717) is 24.0 Å². The Morgan fingerprint density at radius 1 is 1.17 bits per heavy atom. The number of rotatable bonds is 10. The molecule has 9 nitrogen and oxygen atoms in total. The molecule has 0 fully saturated rings. The molecule has 192 valence electrons. The maximum atomic E-state index is 13.0. The number of amides is 1. The third kappa shape index (κ3) is 6.87. The second-order valence-corrected chi connectivity index (χ2v) is 9.33. The topological polar surface area (TPSA) is 130 Å². The van der Waals surface area contributed by atoms with Crippen molar-refractivity contribution in [3.05, 3.63) is 56.0 Å². The van der Waals surface area contributed by atoms with Gasteiger partial charge in [0.1, 0.15) is 33.6 Å². The van der Waals surface area contributed by atoms with Crippen LogP contribution in [0.3, 0.4) is 0 Å². The number of alkyl halides is 3. The Balaban J connectivity index is 1.67. The van der Waals surface area contributed by atoms with Crippen molar-refractivity contribution in [1.29, 1.82) is 0 Å². The molecule has 0 saturated heterocycles. The monoisotopic (exact) mass is 562 g/mol. The van der Waals surface area contributed by atoms with Gasteiger partial charge in [0.2, 0.25) is 0 Å². The quantitative estimate of drug-likeness (QED) is 0.230. The van der Waals surface area contributed by atoms with Gasteiger partial charge in [-0.1, -0.05) is 30.1 Å². The SMILES string of the molecule is CC(CC(=O)c1ncnc(NCCCO)c1Cl)c1ncc(C(=O)Nc2cc(C(F)(F)F)c(Cl)cn2)s1. The van der Waals surface area contributed by atoms with Gasteiger partial charge in [0.25, 0.3) is 5.91 Å². The highest BCUT2D eigenvalue weighted by atomic mass is 35.5. The van der Waals surface area contributed by atoms with E-state index in [0.717, 1.165) is 17.5 Å². The Labute approximate surface area is 217 Å². The summed E-state index contributed by atoms with van der Waals surface area (Å²) in [6.07, 6.45) is -0.990. The first-order chi connectivity index (χ1) is 17.0. The number of halogens is 5. The lowest BCUT2D eigenvalue weighted by Crippen LogP contribution is -2.13. The van der Waals surface area contributed by atoms with Crippen LogP contribution in [0.25, 0.3) is 0 Å². The summed E-state index contributed by atoms with van der Waals surface area (Å²) in [6.45, 7) is 2.12. The molecule has 0 radical (unpaired) electrons. The van der Waals surface area contributed by atoms with Gasteiger partial charge in [0.05, 0.1) is 21.8 Å². The normalized spacial score (nSPS) is 12.3. The predicted molar refractivity (Wildman–Crippen MR) is 129 cm³/mol. The van der Waals surface area contributed by atoms with E-state index in [9.17, 15) is 22.8 Å². The molecule has 0 aromatic carbocycles. The van der Waals surface area contributed by atoms with Crippen molar-refractivity contribution in [2.75, 3.05) is 23.8 Å². The molecular weight excluding hydrogens is 544 g/mol. The number of hydrogen-bond acceptors (Lipinski definition) is 9. The van der Waals surface area contributed by atoms with Crippen molar-refractivity contribution in [2.24, 2.45) is 0 Å². The number of hydrogen-bond donors (Lipinski definition) is 3. The summed E-state index contributed by atoms with van der Waals surface area (Å²) in [5.41, 5.74) is -1.10. The molecule has 36 heavy (non-hydrogen) atoms. The molecule has 3 heterocycles. The van der Waals surface area contributed by atoms with Gasteiger partial charge in [-0.25, -0.2) is 19.9 Å². The van der Waals surface area contributed by atoms with E-state index in [1.807, 2.05) is 0 Å². The van der Waals surface area contributed by atoms with Crippen LogP contribution >= 0.6 is 34.5 Å². The summed E-state index contributed by atoms with van der Waals surface area (Å²) >= 11 is 12.8. The fourth-order valence-corrected chi connectivity index (χ4v) is 4.30. The highest BCUT2D eigenvalue weighted by molar-refractivity contribution is 7.13. The van der Waals surface area contributed by atoms with Crippen molar-refractivity contribution < 1.29 is 27.9 Å². The van der Waals surface area contributed by atoms with Gasteiger partial charge in [-0.3, -0.25) is 9.59 Å². The van der Waals surface area contributed by atoms with Crippen LogP contribution in [-0.4, -0.2) is 49.9 Å². The summed E-state index contributed by atoms with van der Waals surface area (Å²) in [5, 5.41) is 14.0. The molecule has 3 rings (SSSR count). The van der Waals surface area contributed by atoms with Crippen LogP contribution in [-0.2, 0) is 6.18 Å². The standard InChI is InChI=1S/C21H19Cl2F3N6O3S/c1-10(5-13(34)17-16(23)18(31-9-30-17)27-3-2-4-33)20-29-8-14(36-20)19(35)32-15-6-11(21(24,25)26)12(22)7-28-15/h6-10,33H,2-5H2,1H3,(H,27,30,31)(H,28,32,35). The molecule has 0 aliphatic carbocycles. The van der Waals surface area contributed by atoms with E-state index in [1.165, 1.54) is 12.5 Å². The average Bonchev–Trinajstić information content (AvgIpc) is 3.31. The lowest BCUT2D eigenvalue weighted by atomic mass is 10.0. The molecule has 3 aromatic heterocycles. The van der Waals surface area contributed by atoms with E-state index in [2.05, 4.69) is 30.6 Å². The molecule has 1 atom stereocenters. The predicted octanol–water partition coefficient (Wildman–Crippen LogP) is 5.08. The Kier molecular flexibility index (Phi) is 9.17. The fraction of sp³-hybridized carbons (Fsp3) is 0.333. The summed E-state index contributed by atoms with van der Waals surface area (Å²) in [6, 6.07) is 0.641. The number of thiazole rings is 1. The molecule has 0 spiro atoms. The van der Waals surface area contributed by atoms with E-state index in [-0.39, 0.29) is 46.0 Å². The number of pyridine rings is 1. The van der Waals surface area contributed by atoms with Gasteiger partial charge in [-0.05, 0) is 12.5 Å². The number of aromatic nitrogens is 4. The summed E-state index contributed by atoms with van der Waals surface area (Å²) in [7, 11) is 0. The van der Waals surface area contributed by atoms with Crippen molar-refractivity contribution in [2.45, 2.75) is 31.9 Å². The maximum Gasteiger partial charge on any atom is 0.418 e. The first-order valence-corrected chi connectivity index (χ1v) is 12.0. The number of nitrogens with one attached hydrogen (secondary N) is 2. The summed E-state index contributed by atoms with van der Waals surface area (Å²) in [4.78, 5) is 41.3. The van der Waals surface area contributed by atoms with Crippen LogP contribution in [0.1, 0.15) is 56.4 Å². The van der Waals surface area contributed by atoms with Gasteiger partial charge in [0.15, 0.2) is 5.78 Å². The number of anilines is 2. The van der Waals surface area contributed by atoms with Crippen molar-refractivity contribution in [3.63, 3.8) is 0 Å². The first kappa shape index (κ1) is 27.7. The minimum absolute atomic E-state index is 0.0162. The zero-order chi connectivity index (χ0) is 26.5. The van der Waals surface area contributed by atoms with E-state index in [4.69, 9.17) is 28.3 Å². The third-order valence-electron chi connectivity index (χ3n) is 4.74. The molecule has 3 aromatic rings. The largest absolute Gasteiger partial charge is 0.418 e. The molecule has 0 bridgehead atoms. The number of aliphatic hydroxyl groups is 1. The zero-order valence-corrected chi connectivity index (χ0v) is 20.9. The zero-order valence-electron chi connectivity index (χ0n) is 18.6. The van der Waals surface area contributed by atoms with Crippen LogP contribution in [0.2, 0.25) is 10.0 Å². The number of nitrogens with zero attached hydrogens (tertiary/aromatic N) is 4. The number of carbonyl (C=O) groups excluding carboxylic acids is 2. The molecule has 1 amide bonds. The third-order valence-corrected chi connectivity index (χ3v) is 6.63. The van der Waals surface area contributed by atoms with Crippen molar-refractivity contribution in [1.82, 2.24) is 19.9 Å². The van der Waals surface area contributed by atoms with Gasteiger partial charge in [-0.15, -0.1) is 11.3 Å². The minimum Gasteiger partial charge on any atom is -0.396 e. The second kappa shape index (κ2) is 11.9. The highest BCUT2D eigenvalue weighted by Crippen LogP contribution is 2.35. The minimum atomic E-state index is -4.71. The first-order valence-electron chi connectivity index (χ1n) is 10.4.